The fraction of sp³-hybridized carbons (Fsp3) is 0. The first kappa shape index (κ1) is 12.7. The summed E-state index contributed by atoms with van der Waals surface area (Å²) in [5.74, 6) is 0. The van der Waals surface area contributed by atoms with E-state index in [0.717, 1.165) is 22.0 Å². The normalized spacial score (nSPS) is 11.0. The van der Waals surface area contributed by atoms with Crippen LogP contribution < -0.4 is 0 Å². The molecule has 0 saturated carbocycles. The van der Waals surface area contributed by atoms with Gasteiger partial charge in [0, 0.05) is 22.0 Å². The van der Waals surface area contributed by atoms with Crippen molar-refractivity contribution < 1.29 is 0 Å². The van der Waals surface area contributed by atoms with Gasteiger partial charge in [-0.05, 0) is 21.4 Å². The molecule has 0 spiro atoms. The Bertz CT molecular complexity index is 502. The SMILES string of the molecule is ClSc1nc(Cl)c2nc(SCl)nc(Cl)c2n1. The van der Waals surface area contributed by atoms with Crippen molar-refractivity contribution in [2.24, 2.45) is 0 Å². The van der Waals surface area contributed by atoms with Crippen LogP contribution in [0.3, 0.4) is 0 Å². The third-order valence-electron chi connectivity index (χ3n) is 1.56. The summed E-state index contributed by atoms with van der Waals surface area (Å²) >= 11 is 11.8. The van der Waals surface area contributed by atoms with Crippen molar-refractivity contribution in [3.05, 3.63) is 10.3 Å². The van der Waals surface area contributed by atoms with E-state index < -0.39 is 0 Å². The fourth-order valence-corrected chi connectivity index (χ4v) is 2.42. The molecule has 84 valence electrons. The molecule has 0 unspecified atom stereocenters. The highest BCUT2D eigenvalue weighted by molar-refractivity contribution is 8.21. The molecular formula is C6Cl4N4S2. The molecule has 10 heteroatoms. The molecule has 0 bridgehead atoms. The maximum Gasteiger partial charge on any atom is 0.205 e. The van der Waals surface area contributed by atoms with Crippen LogP contribution >= 0.6 is 66.5 Å². The predicted molar refractivity (Wildman–Crippen MR) is 68.6 cm³/mol. The van der Waals surface area contributed by atoms with Crippen molar-refractivity contribution in [2.45, 2.75) is 10.3 Å². The first-order valence-electron chi connectivity index (χ1n) is 3.63. The van der Waals surface area contributed by atoms with Crippen LogP contribution in [0.2, 0.25) is 10.3 Å². The molecule has 2 heterocycles. The maximum absolute atomic E-state index is 5.92. The van der Waals surface area contributed by atoms with E-state index in [1.165, 1.54) is 0 Å². The Hall–Kier alpha value is 0.280. The van der Waals surface area contributed by atoms with Crippen molar-refractivity contribution in [3.63, 3.8) is 0 Å². The van der Waals surface area contributed by atoms with E-state index in [2.05, 4.69) is 19.9 Å². The molecule has 0 atom stereocenters. The molecule has 16 heavy (non-hydrogen) atoms. The van der Waals surface area contributed by atoms with E-state index in [9.17, 15) is 0 Å². The summed E-state index contributed by atoms with van der Waals surface area (Å²) in [5, 5.41) is 0.890. The number of fused-ring (bicyclic) bond motifs is 1. The monoisotopic (exact) mass is 332 g/mol. The molecule has 2 rings (SSSR count). The van der Waals surface area contributed by atoms with Gasteiger partial charge in [0.1, 0.15) is 11.0 Å². The zero-order chi connectivity index (χ0) is 11.7. The van der Waals surface area contributed by atoms with Gasteiger partial charge in [-0.3, -0.25) is 0 Å². The van der Waals surface area contributed by atoms with E-state index in [4.69, 9.17) is 44.6 Å². The predicted octanol–water partition coefficient (Wildman–Crippen LogP) is 4.22. The zero-order valence-electron chi connectivity index (χ0n) is 7.12. The smallest absolute Gasteiger partial charge is 0.205 e. The van der Waals surface area contributed by atoms with E-state index >= 15 is 0 Å². The van der Waals surface area contributed by atoms with Crippen LogP contribution in [-0.4, -0.2) is 19.9 Å². The molecule has 4 nitrogen and oxygen atoms in total. The number of rotatable bonds is 2. The third-order valence-corrected chi connectivity index (χ3v) is 3.55. The summed E-state index contributed by atoms with van der Waals surface area (Å²) in [4.78, 5) is 16.0. The lowest BCUT2D eigenvalue weighted by Gasteiger charge is -2.03. The van der Waals surface area contributed by atoms with Crippen LogP contribution in [0.5, 0.6) is 0 Å². The Morgan fingerprint density at radius 1 is 0.688 bits per heavy atom. The number of hydrogen-bond donors (Lipinski definition) is 0. The minimum Gasteiger partial charge on any atom is -0.216 e. The van der Waals surface area contributed by atoms with E-state index in [1.807, 2.05) is 0 Å². The highest BCUT2D eigenvalue weighted by atomic mass is 35.7. The first-order valence-corrected chi connectivity index (χ1v) is 7.67. The van der Waals surface area contributed by atoms with Gasteiger partial charge < -0.3 is 0 Å². The van der Waals surface area contributed by atoms with Crippen molar-refractivity contribution in [1.29, 1.82) is 0 Å². The number of halogens is 4. The molecule has 0 N–H and O–H groups in total. The van der Waals surface area contributed by atoms with Crippen molar-refractivity contribution >= 4 is 77.6 Å². The third kappa shape index (κ3) is 2.42. The van der Waals surface area contributed by atoms with Crippen LogP contribution in [0.15, 0.2) is 10.3 Å². The van der Waals surface area contributed by atoms with Gasteiger partial charge >= 0.3 is 0 Å². The summed E-state index contributed by atoms with van der Waals surface area (Å²) in [5.41, 5.74) is 0.693. The van der Waals surface area contributed by atoms with E-state index in [0.29, 0.717) is 11.0 Å². The van der Waals surface area contributed by atoms with Crippen molar-refractivity contribution in [3.8, 4) is 0 Å². The van der Waals surface area contributed by atoms with Gasteiger partial charge in [0.25, 0.3) is 0 Å². The lowest BCUT2D eigenvalue weighted by molar-refractivity contribution is 0.953. The Morgan fingerprint density at radius 3 is 1.38 bits per heavy atom. The standard InChI is InChI=1S/C6Cl4N4S2/c7-3-1-2(12-6(13-3)16-10)4(8)14-5(11-1)15-9. The number of nitrogens with zero attached hydrogens (tertiary/aromatic N) is 4. The minimum absolute atomic E-state index is 0.157. The van der Waals surface area contributed by atoms with E-state index in [1.54, 1.807) is 0 Å². The van der Waals surface area contributed by atoms with Crippen LogP contribution in [0.1, 0.15) is 0 Å². The largest absolute Gasteiger partial charge is 0.216 e. The molecule has 0 saturated heterocycles. The average molecular weight is 334 g/mol. The van der Waals surface area contributed by atoms with Crippen LogP contribution in [0, 0.1) is 0 Å². The van der Waals surface area contributed by atoms with Gasteiger partial charge in [0.2, 0.25) is 10.3 Å². The van der Waals surface area contributed by atoms with E-state index in [-0.39, 0.29) is 20.6 Å². The molecule has 0 fully saturated rings. The van der Waals surface area contributed by atoms with Gasteiger partial charge in [-0.1, -0.05) is 23.2 Å². The maximum atomic E-state index is 5.92. The van der Waals surface area contributed by atoms with Gasteiger partial charge in [-0.15, -0.1) is 0 Å². The minimum atomic E-state index is 0.157. The number of aromatic nitrogens is 4. The lowest BCUT2D eigenvalue weighted by atomic mass is 10.4. The van der Waals surface area contributed by atoms with Crippen molar-refractivity contribution in [1.82, 2.24) is 19.9 Å². The van der Waals surface area contributed by atoms with Gasteiger partial charge in [-0.2, -0.15) is 0 Å². The summed E-state index contributed by atoms with van der Waals surface area (Å²) in [6.45, 7) is 0. The Balaban J connectivity index is 2.78. The Morgan fingerprint density at radius 2 is 1.06 bits per heavy atom. The summed E-state index contributed by atoms with van der Waals surface area (Å²) in [6, 6.07) is 0. The summed E-state index contributed by atoms with van der Waals surface area (Å²) in [6.07, 6.45) is 0. The molecule has 0 aliphatic heterocycles. The summed E-state index contributed by atoms with van der Waals surface area (Å²) < 4.78 is 0. The van der Waals surface area contributed by atoms with Gasteiger partial charge in [0.15, 0.2) is 10.3 Å². The van der Waals surface area contributed by atoms with Gasteiger partial charge in [-0.25, -0.2) is 19.9 Å². The highest BCUT2D eigenvalue weighted by Crippen LogP contribution is 2.30. The average Bonchev–Trinajstić information content (AvgIpc) is 2.29. The molecule has 0 aliphatic rings. The van der Waals surface area contributed by atoms with Crippen molar-refractivity contribution in [2.75, 3.05) is 0 Å². The molecule has 0 aromatic carbocycles. The molecule has 2 aromatic rings. The van der Waals surface area contributed by atoms with Gasteiger partial charge in [0.05, 0.1) is 0 Å². The zero-order valence-corrected chi connectivity index (χ0v) is 11.8. The first-order chi connectivity index (χ1) is 7.65. The quantitative estimate of drug-likeness (QED) is 0.605. The fourth-order valence-electron chi connectivity index (χ4n) is 0.978. The second kappa shape index (κ2) is 5.29. The topological polar surface area (TPSA) is 51.6 Å². The molecule has 2 aromatic heterocycles. The molecule has 0 amide bonds. The second-order valence-corrected chi connectivity index (χ2v) is 5.13. The van der Waals surface area contributed by atoms with Crippen LogP contribution in [0.25, 0.3) is 11.0 Å². The highest BCUT2D eigenvalue weighted by Gasteiger charge is 2.13. The number of hydrogen-bond acceptors (Lipinski definition) is 6. The molecular weight excluding hydrogens is 334 g/mol. The molecule has 0 aliphatic carbocycles. The molecule has 0 radical (unpaired) electrons. The van der Waals surface area contributed by atoms with Crippen LogP contribution in [-0.2, 0) is 0 Å². The Labute approximate surface area is 117 Å². The van der Waals surface area contributed by atoms with Crippen LogP contribution in [0.4, 0.5) is 0 Å². The second-order valence-electron chi connectivity index (χ2n) is 2.45. The summed E-state index contributed by atoms with van der Waals surface area (Å²) in [7, 11) is 12.7. The lowest BCUT2D eigenvalue weighted by Crippen LogP contribution is -1.95. The Kier molecular flexibility index (Phi) is 4.21.